The van der Waals surface area contributed by atoms with Crippen molar-refractivity contribution in [3.05, 3.63) is 58.9 Å². The lowest BCUT2D eigenvalue weighted by Crippen LogP contribution is -2.40. The zero-order valence-electron chi connectivity index (χ0n) is 20.5. The summed E-state index contributed by atoms with van der Waals surface area (Å²) in [6.45, 7) is 8.15. The number of benzene rings is 1. The van der Waals surface area contributed by atoms with E-state index in [1.807, 2.05) is 27.7 Å². The fourth-order valence-electron chi connectivity index (χ4n) is 4.85. The number of ether oxygens (including phenoxy) is 1. The number of fused-ring (bicyclic) bond motifs is 3. The molecule has 1 saturated carbocycles. The van der Waals surface area contributed by atoms with Crippen LogP contribution >= 0.6 is 0 Å². The molecule has 0 unspecified atom stereocenters. The number of pyridine rings is 1. The molecule has 2 aliphatic rings. The lowest BCUT2D eigenvalue weighted by atomic mass is 9.74. The Bertz CT molecular complexity index is 1410. The van der Waals surface area contributed by atoms with Gasteiger partial charge in [0.1, 0.15) is 5.60 Å². The van der Waals surface area contributed by atoms with Crippen LogP contribution in [0.5, 0.6) is 0 Å². The number of hydrogen-bond donors (Lipinski definition) is 1. The van der Waals surface area contributed by atoms with E-state index in [2.05, 4.69) is 4.98 Å². The van der Waals surface area contributed by atoms with E-state index >= 15 is 0 Å². The average Bonchev–Trinajstić information content (AvgIpc) is 3.17. The van der Waals surface area contributed by atoms with Crippen molar-refractivity contribution in [1.29, 1.82) is 0 Å². The number of nitrogens with zero attached hydrogens (tertiary/aromatic N) is 3. The quantitative estimate of drug-likeness (QED) is 0.581. The monoisotopic (exact) mass is 497 g/mol. The van der Waals surface area contributed by atoms with E-state index in [1.165, 1.54) is 3.97 Å². The maximum absolute atomic E-state index is 13.6. The van der Waals surface area contributed by atoms with Gasteiger partial charge in [-0.05, 0) is 76.6 Å². The van der Waals surface area contributed by atoms with Gasteiger partial charge < -0.3 is 14.7 Å². The summed E-state index contributed by atoms with van der Waals surface area (Å²) in [5.74, 6) is 0. The number of aliphatic hydroxyl groups is 1. The van der Waals surface area contributed by atoms with Gasteiger partial charge in [-0.15, -0.1) is 0 Å². The molecule has 3 heterocycles. The normalized spacial score (nSPS) is 17.7. The van der Waals surface area contributed by atoms with E-state index in [0.717, 1.165) is 23.1 Å². The highest BCUT2D eigenvalue weighted by Crippen LogP contribution is 2.46. The lowest BCUT2D eigenvalue weighted by molar-refractivity contribution is -0.0375. The Morgan fingerprint density at radius 1 is 1.17 bits per heavy atom. The average molecular weight is 498 g/mol. The molecule has 0 spiro atoms. The van der Waals surface area contributed by atoms with E-state index in [-0.39, 0.29) is 11.0 Å². The fourth-order valence-corrected chi connectivity index (χ4v) is 6.16. The minimum atomic E-state index is -3.92. The molecule has 0 atom stereocenters. The van der Waals surface area contributed by atoms with Crippen LogP contribution in [0, 0.1) is 6.92 Å². The highest BCUT2D eigenvalue weighted by Gasteiger charge is 2.41. The van der Waals surface area contributed by atoms with E-state index in [9.17, 15) is 18.3 Å². The molecule has 0 radical (unpaired) electrons. The van der Waals surface area contributed by atoms with Gasteiger partial charge >= 0.3 is 6.09 Å². The Hall–Kier alpha value is -2.91. The number of amides is 1. The van der Waals surface area contributed by atoms with Gasteiger partial charge in [-0.1, -0.05) is 17.7 Å². The van der Waals surface area contributed by atoms with E-state index in [1.54, 1.807) is 41.6 Å². The first-order valence-electron chi connectivity index (χ1n) is 11.9. The molecule has 9 heteroatoms. The number of carbonyl (C=O) groups is 1. The van der Waals surface area contributed by atoms with Crippen LogP contribution in [-0.4, -0.2) is 45.6 Å². The van der Waals surface area contributed by atoms with Crippen molar-refractivity contribution in [3.8, 4) is 0 Å². The third-order valence-corrected chi connectivity index (χ3v) is 8.55. The molecule has 1 aromatic carbocycles. The van der Waals surface area contributed by atoms with Crippen molar-refractivity contribution < 1.29 is 23.1 Å². The summed E-state index contributed by atoms with van der Waals surface area (Å²) in [6.07, 6.45) is 5.35. The van der Waals surface area contributed by atoms with Gasteiger partial charge in [0.2, 0.25) is 0 Å². The third kappa shape index (κ3) is 4.10. The van der Waals surface area contributed by atoms with E-state index in [4.69, 9.17) is 4.74 Å². The van der Waals surface area contributed by atoms with Gasteiger partial charge in [0, 0.05) is 29.9 Å². The van der Waals surface area contributed by atoms with Crippen LogP contribution in [-0.2, 0) is 33.3 Å². The highest BCUT2D eigenvalue weighted by atomic mass is 32.2. The smallest absolute Gasteiger partial charge is 0.410 e. The van der Waals surface area contributed by atoms with Crippen LogP contribution in [0.15, 0.2) is 41.6 Å². The minimum Gasteiger partial charge on any atom is -0.444 e. The zero-order valence-corrected chi connectivity index (χ0v) is 21.4. The summed E-state index contributed by atoms with van der Waals surface area (Å²) in [5, 5.41) is 12.0. The summed E-state index contributed by atoms with van der Waals surface area (Å²) < 4.78 is 34.0. The molecule has 2 aromatic heterocycles. The predicted octanol–water partition coefficient (Wildman–Crippen LogP) is 4.25. The Balaban J connectivity index is 1.63. The van der Waals surface area contributed by atoms with Crippen molar-refractivity contribution in [3.63, 3.8) is 0 Å². The van der Waals surface area contributed by atoms with Gasteiger partial charge in [0.15, 0.2) is 5.65 Å². The first kappa shape index (κ1) is 23.8. The molecular formula is C26H31N3O5S. The predicted molar refractivity (Wildman–Crippen MR) is 132 cm³/mol. The van der Waals surface area contributed by atoms with Crippen LogP contribution in [0.4, 0.5) is 4.79 Å². The van der Waals surface area contributed by atoms with Crippen molar-refractivity contribution in [2.24, 2.45) is 0 Å². The lowest BCUT2D eigenvalue weighted by Gasteiger charge is -2.37. The largest absolute Gasteiger partial charge is 0.444 e. The molecule has 186 valence electrons. The molecule has 0 bridgehead atoms. The van der Waals surface area contributed by atoms with Gasteiger partial charge in [-0.2, -0.15) is 0 Å². The second-order valence-electron chi connectivity index (χ2n) is 10.7. The van der Waals surface area contributed by atoms with Gasteiger partial charge in [-0.25, -0.2) is 22.2 Å². The number of carbonyl (C=O) groups excluding carboxylic acids is 1. The topological polar surface area (TPSA) is 102 Å². The standard InChI is InChI=1S/C26H31N3O5S/c1-17-6-8-19(9-7-17)35(32,33)29-16-21(26(31)11-5-12-26)22-20-10-13-28(24(30)34-25(2,3)4)15-18(20)14-27-23(22)29/h6-9,14,16,31H,5,10-13,15H2,1-4H3. The Morgan fingerprint density at radius 3 is 2.46 bits per heavy atom. The van der Waals surface area contributed by atoms with Crippen LogP contribution in [0.3, 0.4) is 0 Å². The number of hydrogen-bond acceptors (Lipinski definition) is 6. The van der Waals surface area contributed by atoms with Crippen molar-refractivity contribution >= 4 is 27.1 Å². The van der Waals surface area contributed by atoms with Crippen molar-refractivity contribution in [1.82, 2.24) is 13.9 Å². The van der Waals surface area contributed by atoms with Gasteiger partial charge in [-0.3, -0.25) is 0 Å². The maximum atomic E-state index is 13.6. The summed E-state index contributed by atoms with van der Waals surface area (Å²) in [5.41, 5.74) is 1.97. The Morgan fingerprint density at radius 2 is 1.86 bits per heavy atom. The molecule has 1 fully saturated rings. The van der Waals surface area contributed by atoms with Crippen LogP contribution < -0.4 is 0 Å². The molecule has 3 aromatic rings. The van der Waals surface area contributed by atoms with Crippen LogP contribution in [0.2, 0.25) is 0 Å². The first-order valence-corrected chi connectivity index (χ1v) is 13.4. The molecule has 1 amide bonds. The molecule has 0 saturated heterocycles. The maximum Gasteiger partial charge on any atom is 0.410 e. The second kappa shape index (κ2) is 8.06. The van der Waals surface area contributed by atoms with Gasteiger partial charge in [0.05, 0.1) is 17.0 Å². The summed E-state index contributed by atoms with van der Waals surface area (Å²) in [4.78, 5) is 19.0. The Kier molecular flexibility index (Phi) is 5.49. The Labute approximate surface area is 205 Å². The molecule has 8 nitrogen and oxygen atoms in total. The summed E-state index contributed by atoms with van der Waals surface area (Å²) >= 11 is 0. The molecule has 1 N–H and O–H groups in total. The zero-order chi connectivity index (χ0) is 25.2. The van der Waals surface area contributed by atoms with E-state index in [0.29, 0.717) is 48.9 Å². The molecule has 5 rings (SSSR count). The number of aromatic nitrogens is 2. The minimum absolute atomic E-state index is 0.169. The van der Waals surface area contributed by atoms with Crippen LogP contribution in [0.25, 0.3) is 11.0 Å². The van der Waals surface area contributed by atoms with Crippen LogP contribution in [0.1, 0.15) is 62.3 Å². The van der Waals surface area contributed by atoms with Gasteiger partial charge in [0.25, 0.3) is 10.0 Å². The molecule has 1 aliphatic heterocycles. The highest BCUT2D eigenvalue weighted by molar-refractivity contribution is 7.90. The SMILES string of the molecule is Cc1ccc(S(=O)(=O)n2cc(C3(O)CCC3)c3c4c(cnc32)CN(C(=O)OC(C)(C)C)CC4)cc1. The molecule has 35 heavy (non-hydrogen) atoms. The number of aryl methyl sites for hydroxylation is 1. The van der Waals surface area contributed by atoms with Crippen molar-refractivity contribution in [2.45, 2.75) is 76.0 Å². The van der Waals surface area contributed by atoms with E-state index < -0.39 is 21.2 Å². The molecular weight excluding hydrogens is 466 g/mol. The summed E-state index contributed by atoms with van der Waals surface area (Å²) in [6, 6.07) is 6.70. The molecule has 1 aliphatic carbocycles. The summed E-state index contributed by atoms with van der Waals surface area (Å²) in [7, 11) is -3.92. The fraction of sp³-hybridized carbons (Fsp3) is 0.462. The van der Waals surface area contributed by atoms with Crippen molar-refractivity contribution in [2.75, 3.05) is 6.54 Å². The number of rotatable bonds is 3. The first-order chi connectivity index (χ1) is 16.4. The second-order valence-corrected chi connectivity index (χ2v) is 12.5. The third-order valence-electron chi connectivity index (χ3n) is 6.88.